The summed E-state index contributed by atoms with van der Waals surface area (Å²) < 4.78 is 5.22. The molecule has 4 nitrogen and oxygen atoms in total. The molecule has 0 aliphatic heterocycles. The lowest BCUT2D eigenvalue weighted by Gasteiger charge is -2.06. The second-order valence-electron chi connectivity index (χ2n) is 4.06. The number of carbonyl (C=O) groups is 1. The molecule has 0 aromatic heterocycles. The zero-order valence-corrected chi connectivity index (χ0v) is 10.9. The minimum absolute atomic E-state index is 0.0310. The average Bonchev–Trinajstić information content (AvgIpc) is 2.42. The van der Waals surface area contributed by atoms with Crippen LogP contribution in [0.2, 0.25) is 0 Å². The van der Waals surface area contributed by atoms with E-state index in [0.717, 1.165) is 12.8 Å². The molecule has 1 aromatic carbocycles. The number of rotatable bonds is 8. The lowest BCUT2D eigenvalue weighted by Crippen LogP contribution is -2.25. The van der Waals surface area contributed by atoms with Crippen LogP contribution in [0.1, 0.15) is 29.3 Å². The molecule has 0 bridgehead atoms. The van der Waals surface area contributed by atoms with Crippen molar-refractivity contribution in [3.63, 3.8) is 0 Å². The molecule has 0 aliphatic carbocycles. The van der Waals surface area contributed by atoms with E-state index < -0.39 is 0 Å². The normalized spacial score (nSPS) is 10.3. The summed E-state index contributed by atoms with van der Waals surface area (Å²) in [6, 6.07) is 7.69. The lowest BCUT2D eigenvalue weighted by atomic mass is 10.1. The first-order valence-electron chi connectivity index (χ1n) is 6.43. The highest BCUT2D eigenvalue weighted by molar-refractivity contribution is 5.94. The average molecular weight is 250 g/mol. The fourth-order valence-corrected chi connectivity index (χ4v) is 1.56. The van der Waals surface area contributed by atoms with Crippen LogP contribution in [0.25, 0.3) is 0 Å². The highest BCUT2D eigenvalue weighted by Crippen LogP contribution is 2.04. The minimum atomic E-state index is -0.0310. The van der Waals surface area contributed by atoms with E-state index in [1.54, 1.807) is 0 Å². The van der Waals surface area contributed by atoms with Gasteiger partial charge < -0.3 is 15.8 Å². The van der Waals surface area contributed by atoms with Crippen LogP contribution < -0.4 is 11.1 Å². The molecule has 0 heterocycles. The predicted molar refractivity (Wildman–Crippen MR) is 72.6 cm³/mol. The van der Waals surface area contributed by atoms with Crippen molar-refractivity contribution in [2.75, 3.05) is 26.3 Å². The maximum absolute atomic E-state index is 11.8. The van der Waals surface area contributed by atoms with Gasteiger partial charge >= 0.3 is 0 Å². The number of hydrogen-bond acceptors (Lipinski definition) is 3. The van der Waals surface area contributed by atoms with E-state index in [-0.39, 0.29) is 5.91 Å². The second kappa shape index (κ2) is 8.66. The number of benzene rings is 1. The maximum Gasteiger partial charge on any atom is 0.251 e. The van der Waals surface area contributed by atoms with E-state index in [9.17, 15) is 4.79 Å². The molecule has 0 unspecified atom stereocenters. The van der Waals surface area contributed by atoms with Gasteiger partial charge in [-0.25, -0.2) is 0 Å². The number of amides is 1. The number of carbonyl (C=O) groups excluding carboxylic acids is 1. The van der Waals surface area contributed by atoms with Crippen molar-refractivity contribution >= 4 is 5.91 Å². The monoisotopic (exact) mass is 250 g/mol. The van der Waals surface area contributed by atoms with Crippen molar-refractivity contribution in [3.05, 3.63) is 35.4 Å². The largest absolute Gasteiger partial charge is 0.380 e. The molecular weight excluding hydrogens is 228 g/mol. The molecule has 1 aromatic rings. The highest BCUT2D eigenvalue weighted by Gasteiger charge is 2.03. The summed E-state index contributed by atoms with van der Waals surface area (Å²) in [7, 11) is 0. The van der Waals surface area contributed by atoms with Gasteiger partial charge in [-0.15, -0.1) is 0 Å². The number of aryl methyl sites for hydroxylation is 1. The van der Waals surface area contributed by atoms with E-state index in [2.05, 4.69) is 12.2 Å². The van der Waals surface area contributed by atoms with Gasteiger partial charge in [-0.1, -0.05) is 19.1 Å². The Bertz CT molecular complexity index is 349. The van der Waals surface area contributed by atoms with Gasteiger partial charge in [-0.3, -0.25) is 4.79 Å². The fraction of sp³-hybridized carbons (Fsp3) is 0.500. The van der Waals surface area contributed by atoms with Gasteiger partial charge in [0.1, 0.15) is 0 Å². The Morgan fingerprint density at radius 1 is 1.28 bits per heavy atom. The van der Waals surface area contributed by atoms with E-state index in [1.807, 2.05) is 24.3 Å². The van der Waals surface area contributed by atoms with Gasteiger partial charge in [0.15, 0.2) is 0 Å². The Balaban J connectivity index is 2.23. The lowest BCUT2D eigenvalue weighted by molar-refractivity contribution is 0.0943. The SMILES string of the molecule is CCc1ccc(C(=O)NCCCOCCN)cc1. The highest BCUT2D eigenvalue weighted by atomic mass is 16.5. The van der Waals surface area contributed by atoms with Crippen molar-refractivity contribution in [3.8, 4) is 0 Å². The quantitative estimate of drug-likeness (QED) is 0.684. The van der Waals surface area contributed by atoms with Crippen LogP contribution >= 0.6 is 0 Å². The summed E-state index contributed by atoms with van der Waals surface area (Å²) in [5.74, 6) is -0.0310. The third-order valence-corrected chi connectivity index (χ3v) is 2.64. The van der Waals surface area contributed by atoms with Crippen molar-refractivity contribution in [1.82, 2.24) is 5.32 Å². The van der Waals surface area contributed by atoms with Gasteiger partial charge in [0.2, 0.25) is 0 Å². The third kappa shape index (κ3) is 5.29. The van der Waals surface area contributed by atoms with Crippen LogP contribution in [0, 0.1) is 0 Å². The molecule has 1 rings (SSSR count). The Kier molecular flexibility index (Phi) is 7.06. The first kappa shape index (κ1) is 14.7. The molecule has 0 saturated heterocycles. The van der Waals surface area contributed by atoms with Crippen LogP contribution in [0.4, 0.5) is 0 Å². The van der Waals surface area contributed by atoms with E-state index in [1.165, 1.54) is 5.56 Å². The molecule has 100 valence electrons. The molecule has 0 saturated carbocycles. The molecule has 0 fully saturated rings. The van der Waals surface area contributed by atoms with E-state index in [4.69, 9.17) is 10.5 Å². The van der Waals surface area contributed by atoms with Crippen molar-refractivity contribution in [2.24, 2.45) is 5.73 Å². The number of ether oxygens (including phenoxy) is 1. The maximum atomic E-state index is 11.8. The van der Waals surface area contributed by atoms with E-state index in [0.29, 0.717) is 31.9 Å². The Hall–Kier alpha value is -1.39. The van der Waals surface area contributed by atoms with Gasteiger partial charge in [-0.05, 0) is 30.5 Å². The summed E-state index contributed by atoms with van der Waals surface area (Å²) in [6.07, 6.45) is 1.79. The zero-order valence-electron chi connectivity index (χ0n) is 10.9. The molecule has 0 aliphatic rings. The van der Waals surface area contributed by atoms with Crippen LogP contribution in [-0.2, 0) is 11.2 Å². The van der Waals surface area contributed by atoms with Crippen LogP contribution in [0.3, 0.4) is 0 Å². The first-order valence-corrected chi connectivity index (χ1v) is 6.43. The molecule has 0 spiro atoms. The molecule has 4 heteroatoms. The molecule has 0 radical (unpaired) electrons. The topological polar surface area (TPSA) is 64.3 Å². The number of hydrogen-bond donors (Lipinski definition) is 2. The van der Waals surface area contributed by atoms with Gasteiger partial charge in [0.05, 0.1) is 6.61 Å². The van der Waals surface area contributed by atoms with Gasteiger partial charge in [-0.2, -0.15) is 0 Å². The molecule has 18 heavy (non-hydrogen) atoms. The van der Waals surface area contributed by atoms with Crippen molar-refractivity contribution in [2.45, 2.75) is 19.8 Å². The van der Waals surface area contributed by atoms with Crippen molar-refractivity contribution in [1.29, 1.82) is 0 Å². The Morgan fingerprint density at radius 2 is 2.00 bits per heavy atom. The van der Waals surface area contributed by atoms with Crippen LogP contribution in [-0.4, -0.2) is 32.2 Å². The smallest absolute Gasteiger partial charge is 0.251 e. The number of nitrogens with two attached hydrogens (primary N) is 1. The van der Waals surface area contributed by atoms with E-state index >= 15 is 0 Å². The summed E-state index contributed by atoms with van der Waals surface area (Å²) in [4.78, 5) is 11.8. The third-order valence-electron chi connectivity index (χ3n) is 2.64. The van der Waals surface area contributed by atoms with Gasteiger partial charge in [0, 0.05) is 25.3 Å². The molecule has 0 atom stereocenters. The van der Waals surface area contributed by atoms with Gasteiger partial charge in [0.25, 0.3) is 5.91 Å². The zero-order chi connectivity index (χ0) is 13.2. The second-order valence-corrected chi connectivity index (χ2v) is 4.06. The standard InChI is InChI=1S/C14H22N2O2/c1-2-12-4-6-13(7-5-12)14(17)16-9-3-10-18-11-8-15/h4-7H,2-3,8-11,15H2,1H3,(H,16,17). The van der Waals surface area contributed by atoms with Crippen molar-refractivity contribution < 1.29 is 9.53 Å². The minimum Gasteiger partial charge on any atom is -0.380 e. The fourth-order valence-electron chi connectivity index (χ4n) is 1.56. The summed E-state index contributed by atoms with van der Waals surface area (Å²) in [5.41, 5.74) is 7.24. The summed E-state index contributed by atoms with van der Waals surface area (Å²) >= 11 is 0. The molecule has 1 amide bonds. The molecule has 3 N–H and O–H groups in total. The van der Waals surface area contributed by atoms with Crippen LogP contribution in [0.15, 0.2) is 24.3 Å². The summed E-state index contributed by atoms with van der Waals surface area (Å²) in [6.45, 7) is 4.46. The first-order chi connectivity index (χ1) is 8.77. The number of nitrogens with one attached hydrogen (secondary N) is 1. The van der Waals surface area contributed by atoms with Crippen LogP contribution in [0.5, 0.6) is 0 Å². The molecular formula is C14H22N2O2. The predicted octanol–water partition coefficient (Wildman–Crippen LogP) is 1.34. The Labute approximate surface area is 109 Å². The Morgan fingerprint density at radius 3 is 2.61 bits per heavy atom. The summed E-state index contributed by atoms with van der Waals surface area (Å²) in [5, 5.41) is 2.86.